The summed E-state index contributed by atoms with van der Waals surface area (Å²) in [6, 6.07) is 19.1. The summed E-state index contributed by atoms with van der Waals surface area (Å²) in [5.41, 5.74) is -1.25. The highest BCUT2D eigenvalue weighted by molar-refractivity contribution is 5.77. The summed E-state index contributed by atoms with van der Waals surface area (Å²) < 4.78 is 22.6. The van der Waals surface area contributed by atoms with Crippen LogP contribution in [0.15, 0.2) is 66.7 Å². The summed E-state index contributed by atoms with van der Waals surface area (Å²) in [4.78, 5) is 33.7. The molecule has 0 aliphatic heterocycles. The summed E-state index contributed by atoms with van der Waals surface area (Å²) in [6.45, 7) is 4.86. The van der Waals surface area contributed by atoms with Crippen molar-refractivity contribution in [3.63, 3.8) is 0 Å². The van der Waals surface area contributed by atoms with Crippen molar-refractivity contribution >= 4 is 11.9 Å². The van der Waals surface area contributed by atoms with Crippen LogP contribution in [0.5, 0.6) is 11.9 Å². The van der Waals surface area contributed by atoms with E-state index in [9.17, 15) is 14.7 Å². The molecule has 0 radical (unpaired) electrons. The summed E-state index contributed by atoms with van der Waals surface area (Å²) in [7, 11) is 2.73. The van der Waals surface area contributed by atoms with Crippen molar-refractivity contribution in [3.05, 3.63) is 83.6 Å². The average Bonchev–Trinajstić information content (AvgIpc) is 2.88. The van der Waals surface area contributed by atoms with Gasteiger partial charge in [0.15, 0.2) is 5.60 Å². The number of hydrogen-bond donors (Lipinski definition) is 1. The number of aliphatic carboxylic acids is 1. The number of aryl methyl sites for hydroxylation is 1. The van der Waals surface area contributed by atoms with Crippen molar-refractivity contribution in [2.75, 3.05) is 20.8 Å². The van der Waals surface area contributed by atoms with Gasteiger partial charge in [-0.2, -0.15) is 4.98 Å². The Balaban J connectivity index is 2.24. The number of methoxy groups -OCH3 is 2. The molecule has 1 atom stereocenters. The molecule has 0 spiro atoms. The fourth-order valence-electron chi connectivity index (χ4n) is 3.80. The number of aromatic nitrogens is 2. The first-order valence-corrected chi connectivity index (χ1v) is 11.3. The fourth-order valence-corrected chi connectivity index (χ4v) is 3.80. The highest BCUT2D eigenvalue weighted by Crippen LogP contribution is 2.40. The Labute approximate surface area is 210 Å². The van der Waals surface area contributed by atoms with Crippen LogP contribution < -0.4 is 9.47 Å². The van der Waals surface area contributed by atoms with E-state index in [-0.39, 0.29) is 18.5 Å². The van der Waals surface area contributed by atoms with Crippen LogP contribution >= 0.6 is 0 Å². The first-order valence-electron chi connectivity index (χ1n) is 11.3. The third-order valence-corrected chi connectivity index (χ3v) is 5.64. The molecule has 1 aromatic heterocycles. The molecule has 190 valence electrons. The number of carboxylic acid groups (broad SMARTS) is 1. The van der Waals surface area contributed by atoms with Crippen LogP contribution in [0.3, 0.4) is 0 Å². The molecule has 0 saturated carbocycles. The van der Waals surface area contributed by atoms with Gasteiger partial charge in [0.2, 0.25) is 12.0 Å². The number of rotatable bonds is 11. The smallest absolute Gasteiger partial charge is 0.348 e. The molecule has 1 unspecified atom stereocenters. The maximum Gasteiger partial charge on any atom is 0.348 e. The Hall–Kier alpha value is -3.98. The SMILES string of the molecule is COC(=O)C(C)(C)COC(c1ccccc1)(c1ccccc1)C(Oc1nc(C)cc(OC)n1)C(=O)O. The largest absolute Gasteiger partial charge is 0.481 e. The van der Waals surface area contributed by atoms with Crippen LogP contribution in [0.1, 0.15) is 30.7 Å². The van der Waals surface area contributed by atoms with E-state index in [0.717, 1.165) is 0 Å². The van der Waals surface area contributed by atoms with E-state index in [4.69, 9.17) is 18.9 Å². The Bertz CT molecular complexity index is 1140. The lowest BCUT2D eigenvalue weighted by atomic mass is 9.80. The normalized spacial score (nSPS) is 12.5. The van der Waals surface area contributed by atoms with E-state index in [1.54, 1.807) is 75.4 Å². The van der Waals surface area contributed by atoms with Crippen LogP contribution in [0, 0.1) is 12.3 Å². The van der Waals surface area contributed by atoms with Crippen LogP contribution in [-0.4, -0.2) is 53.9 Å². The Morgan fingerprint density at radius 1 is 0.944 bits per heavy atom. The Morgan fingerprint density at radius 3 is 1.97 bits per heavy atom. The van der Waals surface area contributed by atoms with Gasteiger partial charge >= 0.3 is 17.9 Å². The molecule has 0 aliphatic carbocycles. The Kier molecular flexibility index (Phi) is 8.26. The van der Waals surface area contributed by atoms with Crippen LogP contribution in [-0.2, 0) is 24.7 Å². The zero-order chi connectivity index (χ0) is 26.3. The molecular weight excluding hydrogens is 464 g/mol. The molecule has 3 aromatic rings. The van der Waals surface area contributed by atoms with Gasteiger partial charge in [-0.1, -0.05) is 60.7 Å². The fraction of sp³-hybridized carbons (Fsp3) is 0.333. The Morgan fingerprint density at radius 2 is 1.50 bits per heavy atom. The monoisotopic (exact) mass is 494 g/mol. The summed E-state index contributed by atoms with van der Waals surface area (Å²) in [5.74, 6) is -1.60. The van der Waals surface area contributed by atoms with Gasteiger partial charge in [0.25, 0.3) is 0 Å². The van der Waals surface area contributed by atoms with E-state index < -0.39 is 29.1 Å². The molecule has 0 amide bonds. The number of carbonyl (C=O) groups excluding carboxylic acids is 1. The molecule has 0 bridgehead atoms. The van der Waals surface area contributed by atoms with E-state index >= 15 is 0 Å². The minimum atomic E-state index is -1.69. The van der Waals surface area contributed by atoms with Crippen molar-refractivity contribution in [1.29, 1.82) is 0 Å². The quantitative estimate of drug-likeness (QED) is 0.397. The van der Waals surface area contributed by atoms with Crippen molar-refractivity contribution in [3.8, 4) is 11.9 Å². The molecular formula is C27H30N2O7. The predicted molar refractivity (Wildman–Crippen MR) is 131 cm³/mol. The van der Waals surface area contributed by atoms with Gasteiger partial charge in [-0.3, -0.25) is 4.79 Å². The number of esters is 1. The molecule has 0 aliphatic rings. The molecule has 9 nitrogen and oxygen atoms in total. The molecule has 0 saturated heterocycles. The number of carbonyl (C=O) groups is 2. The van der Waals surface area contributed by atoms with Gasteiger partial charge in [-0.05, 0) is 31.9 Å². The molecule has 0 fully saturated rings. The molecule has 3 rings (SSSR count). The van der Waals surface area contributed by atoms with E-state index in [0.29, 0.717) is 16.8 Å². The summed E-state index contributed by atoms with van der Waals surface area (Å²) in [5, 5.41) is 10.5. The lowest BCUT2D eigenvalue weighted by molar-refractivity contribution is -0.174. The van der Waals surface area contributed by atoms with Crippen LogP contribution in [0.25, 0.3) is 0 Å². The second-order valence-corrected chi connectivity index (χ2v) is 8.80. The maximum absolute atomic E-state index is 12.9. The van der Waals surface area contributed by atoms with Crippen molar-refractivity contribution in [1.82, 2.24) is 9.97 Å². The van der Waals surface area contributed by atoms with Crippen LogP contribution in [0.2, 0.25) is 0 Å². The third kappa shape index (κ3) is 5.63. The number of hydrogen-bond acceptors (Lipinski definition) is 8. The molecule has 9 heteroatoms. The zero-order valence-electron chi connectivity index (χ0n) is 20.9. The topological polar surface area (TPSA) is 117 Å². The third-order valence-electron chi connectivity index (χ3n) is 5.64. The lowest BCUT2D eigenvalue weighted by Crippen LogP contribution is -2.52. The standard InChI is InChI=1S/C27H30N2O7/c1-18-16-21(33-4)29-25(28-18)36-22(23(30)31)27(19-12-8-6-9-13-19,20-14-10-7-11-15-20)35-17-26(2,3)24(32)34-5/h6-16,22H,17H2,1-5H3,(H,30,31). The average molecular weight is 495 g/mol. The molecule has 1 heterocycles. The van der Waals surface area contributed by atoms with Gasteiger partial charge < -0.3 is 24.1 Å². The number of ether oxygens (including phenoxy) is 4. The highest BCUT2D eigenvalue weighted by atomic mass is 16.6. The van der Waals surface area contributed by atoms with Crippen molar-refractivity contribution in [2.24, 2.45) is 5.41 Å². The maximum atomic E-state index is 12.9. The second-order valence-electron chi connectivity index (χ2n) is 8.80. The summed E-state index contributed by atoms with van der Waals surface area (Å²) >= 11 is 0. The van der Waals surface area contributed by atoms with E-state index in [2.05, 4.69) is 9.97 Å². The van der Waals surface area contributed by atoms with Crippen molar-refractivity contribution in [2.45, 2.75) is 32.5 Å². The van der Waals surface area contributed by atoms with E-state index in [1.807, 2.05) is 12.1 Å². The highest BCUT2D eigenvalue weighted by Gasteiger charge is 2.51. The number of benzene rings is 2. The molecule has 36 heavy (non-hydrogen) atoms. The van der Waals surface area contributed by atoms with E-state index in [1.165, 1.54) is 14.2 Å². The van der Waals surface area contributed by atoms with Crippen molar-refractivity contribution < 1.29 is 33.6 Å². The summed E-state index contributed by atoms with van der Waals surface area (Å²) in [6.07, 6.45) is -1.65. The first-order chi connectivity index (χ1) is 17.1. The minimum Gasteiger partial charge on any atom is -0.481 e. The number of nitrogens with zero attached hydrogens (tertiary/aromatic N) is 2. The van der Waals surface area contributed by atoms with Gasteiger partial charge in [0.05, 0.1) is 26.2 Å². The van der Waals surface area contributed by atoms with Crippen LogP contribution in [0.4, 0.5) is 0 Å². The van der Waals surface area contributed by atoms with Gasteiger partial charge in [0, 0.05) is 11.8 Å². The van der Waals surface area contributed by atoms with Gasteiger partial charge in [-0.15, -0.1) is 0 Å². The molecule has 1 N–H and O–H groups in total. The zero-order valence-corrected chi connectivity index (χ0v) is 20.9. The number of carboxylic acids is 1. The first kappa shape index (κ1) is 26.6. The van der Waals surface area contributed by atoms with Gasteiger partial charge in [0.1, 0.15) is 0 Å². The van der Waals surface area contributed by atoms with Gasteiger partial charge in [-0.25, -0.2) is 9.78 Å². The minimum absolute atomic E-state index is 0.172. The molecule has 2 aromatic carbocycles. The second kappa shape index (κ2) is 11.2. The lowest BCUT2D eigenvalue weighted by Gasteiger charge is -2.40. The predicted octanol–water partition coefficient (Wildman–Crippen LogP) is 3.79.